The monoisotopic (exact) mass is 311 g/mol. The highest BCUT2D eigenvalue weighted by molar-refractivity contribution is 7.88. The second-order valence-corrected chi connectivity index (χ2v) is 7.51. The molecule has 2 rings (SSSR count). The first-order valence-electron chi connectivity index (χ1n) is 7.47. The second-order valence-electron chi connectivity index (χ2n) is 5.68. The van der Waals surface area contributed by atoms with Crippen LogP contribution in [0.1, 0.15) is 18.4 Å². The fraction of sp³-hybridized carbons (Fsp3) is 0.600. The van der Waals surface area contributed by atoms with Crippen molar-refractivity contribution in [3.05, 3.63) is 35.9 Å². The number of piperidine rings is 1. The van der Waals surface area contributed by atoms with E-state index in [1.165, 1.54) is 18.2 Å². The van der Waals surface area contributed by atoms with Gasteiger partial charge in [0.05, 0.1) is 6.26 Å². The molecular formula is C15H25N3O2S. The van der Waals surface area contributed by atoms with Gasteiger partial charge in [-0.2, -0.15) is 0 Å². The number of likely N-dealkylation sites (tertiary alicyclic amines) is 1. The summed E-state index contributed by atoms with van der Waals surface area (Å²) in [5.74, 6) is 0. The van der Waals surface area contributed by atoms with Gasteiger partial charge < -0.3 is 5.32 Å². The van der Waals surface area contributed by atoms with E-state index in [9.17, 15) is 8.42 Å². The van der Waals surface area contributed by atoms with Gasteiger partial charge in [-0.3, -0.25) is 4.90 Å². The smallest absolute Gasteiger partial charge is 0.208 e. The van der Waals surface area contributed by atoms with Crippen LogP contribution < -0.4 is 10.0 Å². The summed E-state index contributed by atoms with van der Waals surface area (Å²) in [7, 11) is -3.08. The molecule has 0 bridgehead atoms. The Morgan fingerprint density at radius 3 is 2.71 bits per heavy atom. The van der Waals surface area contributed by atoms with Gasteiger partial charge in [-0.1, -0.05) is 30.3 Å². The Kier molecular flexibility index (Phi) is 6.17. The van der Waals surface area contributed by atoms with Crippen LogP contribution in [0.5, 0.6) is 0 Å². The minimum atomic E-state index is -3.08. The fourth-order valence-electron chi connectivity index (χ4n) is 2.72. The average Bonchev–Trinajstić information content (AvgIpc) is 2.44. The van der Waals surface area contributed by atoms with E-state index in [0.717, 1.165) is 26.1 Å². The lowest BCUT2D eigenvalue weighted by Gasteiger charge is -2.33. The molecule has 1 fully saturated rings. The van der Waals surface area contributed by atoms with Crippen LogP contribution in [0.4, 0.5) is 0 Å². The predicted molar refractivity (Wildman–Crippen MR) is 85.6 cm³/mol. The number of benzene rings is 1. The molecule has 1 aliphatic rings. The van der Waals surface area contributed by atoms with Crippen LogP contribution in [-0.4, -0.2) is 51.8 Å². The van der Waals surface area contributed by atoms with Crippen molar-refractivity contribution in [1.29, 1.82) is 0 Å². The van der Waals surface area contributed by atoms with E-state index in [1.807, 2.05) is 6.07 Å². The first-order valence-corrected chi connectivity index (χ1v) is 9.36. The van der Waals surface area contributed by atoms with Gasteiger partial charge in [0.15, 0.2) is 0 Å². The van der Waals surface area contributed by atoms with Gasteiger partial charge in [0.2, 0.25) is 10.0 Å². The molecule has 5 nitrogen and oxygen atoms in total. The Bertz CT molecular complexity index is 519. The molecular weight excluding hydrogens is 286 g/mol. The second kappa shape index (κ2) is 7.89. The van der Waals surface area contributed by atoms with Crippen LogP contribution in [0.15, 0.2) is 30.3 Å². The third kappa shape index (κ3) is 6.56. The van der Waals surface area contributed by atoms with Gasteiger partial charge in [0, 0.05) is 32.2 Å². The molecule has 1 atom stereocenters. The standard InChI is InChI=1S/C15H25N3O2S/c1-21(19,20)17-10-9-16-15-8-5-11-18(13-15)12-14-6-3-2-4-7-14/h2-4,6-7,15-17H,5,8-13H2,1H3. The summed E-state index contributed by atoms with van der Waals surface area (Å²) in [6, 6.07) is 11.0. The molecule has 118 valence electrons. The molecule has 0 aliphatic carbocycles. The average molecular weight is 311 g/mol. The first kappa shape index (κ1) is 16.4. The van der Waals surface area contributed by atoms with E-state index < -0.39 is 10.0 Å². The molecule has 0 spiro atoms. The topological polar surface area (TPSA) is 61.4 Å². The zero-order valence-electron chi connectivity index (χ0n) is 12.6. The molecule has 0 amide bonds. The molecule has 0 aromatic heterocycles. The van der Waals surface area contributed by atoms with Crippen molar-refractivity contribution in [1.82, 2.24) is 14.9 Å². The number of nitrogens with zero attached hydrogens (tertiary/aromatic N) is 1. The van der Waals surface area contributed by atoms with Crippen molar-refractivity contribution in [3.63, 3.8) is 0 Å². The Labute approximate surface area is 127 Å². The molecule has 1 saturated heterocycles. The van der Waals surface area contributed by atoms with Crippen LogP contribution in [0.2, 0.25) is 0 Å². The summed E-state index contributed by atoms with van der Waals surface area (Å²) in [4.78, 5) is 2.46. The minimum Gasteiger partial charge on any atom is -0.311 e. The van der Waals surface area contributed by atoms with Crippen molar-refractivity contribution < 1.29 is 8.42 Å². The largest absolute Gasteiger partial charge is 0.311 e. The first-order chi connectivity index (χ1) is 10.0. The Balaban J connectivity index is 1.71. The van der Waals surface area contributed by atoms with Crippen LogP contribution in [0, 0.1) is 0 Å². The molecule has 2 N–H and O–H groups in total. The number of hydrogen-bond acceptors (Lipinski definition) is 4. The highest BCUT2D eigenvalue weighted by Gasteiger charge is 2.19. The van der Waals surface area contributed by atoms with Crippen molar-refractivity contribution >= 4 is 10.0 Å². The molecule has 1 unspecified atom stereocenters. The Hall–Kier alpha value is -0.950. The normalized spacial score (nSPS) is 20.5. The molecule has 1 aliphatic heterocycles. The summed E-state index contributed by atoms with van der Waals surface area (Å²) in [5.41, 5.74) is 1.34. The molecule has 1 aromatic carbocycles. The van der Waals surface area contributed by atoms with Gasteiger partial charge in [-0.15, -0.1) is 0 Å². The van der Waals surface area contributed by atoms with Crippen LogP contribution in [0.3, 0.4) is 0 Å². The van der Waals surface area contributed by atoms with Crippen molar-refractivity contribution in [2.45, 2.75) is 25.4 Å². The van der Waals surface area contributed by atoms with Crippen molar-refractivity contribution in [2.75, 3.05) is 32.4 Å². The van der Waals surface area contributed by atoms with E-state index >= 15 is 0 Å². The fourth-order valence-corrected chi connectivity index (χ4v) is 3.19. The van der Waals surface area contributed by atoms with Crippen molar-refractivity contribution in [3.8, 4) is 0 Å². The molecule has 0 saturated carbocycles. The minimum absolute atomic E-state index is 0.448. The van der Waals surface area contributed by atoms with E-state index in [1.54, 1.807) is 0 Å². The molecule has 21 heavy (non-hydrogen) atoms. The molecule has 1 aromatic rings. The van der Waals surface area contributed by atoms with E-state index in [4.69, 9.17) is 0 Å². The zero-order chi connectivity index (χ0) is 15.1. The van der Waals surface area contributed by atoms with Crippen LogP contribution >= 0.6 is 0 Å². The van der Waals surface area contributed by atoms with E-state index in [-0.39, 0.29) is 0 Å². The van der Waals surface area contributed by atoms with Gasteiger partial charge in [0.1, 0.15) is 0 Å². The Morgan fingerprint density at radius 1 is 1.24 bits per heavy atom. The maximum absolute atomic E-state index is 11.0. The maximum atomic E-state index is 11.0. The SMILES string of the molecule is CS(=O)(=O)NCCNC1CCCN(Cc2ccccc2)C1. The van der Waals surface area contributed by atoms with Crippen LogP contribution in [-0.2, 0) is 16.6 Å². The maximum Gasteiger partial charge on any atom is 0.208 e. The molecule has 6 heteroatoms. The zero-order valence-corrected chi connectivity index (χ0v) is 13.4. The number of hydrogen-bond donors (Lipinski definition) is 2. The number of nitrogens with one attached hydrogen (secondary N) is 2. The van der Waals surface area contributed by atoms with Gasteiger partial charge in [0.25, 0.3) is 0 Å². The quantitative estimate of drug-likeness (QED) is 0.731. The summed E-state index contributed by atoms with van der Waals surface area (Å²) >= 11 is 0. The summed E-state index contributed by atoms with van der Waals surface area (Å²) in [6.07, 6.45) is 3.53. The highest BCUT2D eigenvalue weighted by atomic mass is 32.2. The van der Waals surface area contributed by atoms with Gasteiger partial charge >= 0.3 is 0 Å². The number of sulfonamides is 1. The lowest BCUT2D eigenvalue weighted by atomic mass is 10.0. The van der Waals surface area contributed by atoms with Gasteiger partial charge in [-0.05, 0) is 24.9 Å². The van der Waals surface area contributed by atoms with Crippen LogP contribution in [0.25, 0.3) is 0 Å². The predicted octanol–water partition coefficient (Wildman–Crippen LogP) is 0.790. The number of rotatable bonds is 7. The van der Waals surface area contributed by atoms with Gasteiger partial charge in [-0.25, -0.2) is 13.1 Å². The summed E-state index contributed by atoms with van der Waals surface area (Å²) in [5, 5.41) is 3.44. The molecule has 0 radical (unpaired) electrons. The summed E-state index contributed by atoms with van der Waals surface area (Å²) in [6.45, 7) is 4.27. The Morgan fingerprint density at radius 2 is 2.00 bits per heavy atom. The van der Waals surface area contributed by atoms with E-state index in [2.05, 4.69) is 39.2 Å². The third-order valence-electron chi connectivity index (χ3n) is 3.68. The lowest BCUT2D eigenvalue weighted by molar-refractivity contribution is 0.184. The van der Waals surface area contributed by atoms with E-state index in [0.29, 0.717) is 19.1 Å². The summed E-state index contributed by atoms with van der Waals surface area (Å²) < 4.78 is 24.5. The molecule has 1 heterocycles. The lowest BCUT2D eigenvalue weighted by Crippen LogP contribution is -2.47. The van der Waals surface area contributed by atoms with Crippen molar-refractivity contribution in [2.24, 2.45) is 0 Å². The third-order valence-corrected chi connectivity index (χ3v) is 4.41. The highest BCUT2D eigenvalue weighted by Crippen LogP contribution is 2.13.